The quantitative estimate of drug-likeness (QED) is 0.187. The molecule has 2 fully saturated rings. The van der Waals surface area contributed by atoms with Crippen LogP contribution in [-0.2, 0) is 38.7 Å². The van der Waals surface area contributed by atoms with Crippen molar-refractivity contribution in [1.29, 1.82) is 0 Å². The molecule has 4 N–H and O–H groups in total. The first-order valence-electron chi connectivity index (χ1n) is 19.5. The van der Waals surface area contributed by atoms with Crippen LogP contribution >= 0.6 is 0 Å². The summed E-state index contributed by atoms with van der Waals surface area (Å²) in [6, 6.07) is 3.69. The van der Waals surface area contributed by atoms with Crippen molar-refractivity contribution in [2.75, 3.05) is 40.1 Å². The molecule has 3 rings (SSSR count). The Kier molecular flexibility index (Phi) is 16.8. The fourth-order valence-corrected chi connectivity index (χ4v) is 9.14. The average Bonchev–Trinajstić information content (AvgIpc) is 3.62. The Bertz CT molecular complexity index is 1520. The number of nitrogens with two attached hydrogens (primary N) is 1. The number of carbonyl (C=O) groups excluding carboxylic acids is 4. The molecule has 14 nitrogen and oxygen atoms in total. The molecule has 0 radical (unpaired) electrons. The summed E-state index contributed by atoms with van der Waals surface area (Å²) in [7, 11) is 0.528. The lowest BCUT2D eigenvalue weighted by Crippen LogP contribution is -2.60. The van der Waals surface area contributed by atoms with Gasteiger partial charge in [0, 0.05) is 39.5 Å². The molecule has 0 spiro atoms. The molecular weight excluding hydrogens is 713 g/mol. The van der Waals surface area contributed by atoms with Gasteiger partial charge in [0.05, 0.1) is 47.6 Å². The highest BCUT2D eigenvalue weighted by Gasteiger charge is 2.43. The van der Waals surface area contributed by atoms with Crippen molar-refractivity contribution < 1.29 is 37.1 Å². The van der Waals surface area contributed by atoms with E-state index in [0.717, 1.165) is 25.8 Å². The number of nitrogens with one attached hydrogen (secondary N) is 2. The van der Waals surface area contributed by atoms with Crippen LogP contribution < -0.4 is 15.8 Å². The summed E-state index contributed by atoms with van der Waals surface area (Å²) >= 11 is 0. The Balaban J connectivity index is 1.78. The molecule has 1 aromatic rings. The molecule has 2 heterocycles. The van der Waals surface area contributed by atoms with Crippen LogP contribution in [0.15, 0.2) is 29.2 Å². The lowest BCUT2D eigenvalue weighted by Gasteiger charge is -2.41. The number of methoxy groups -OCH3 is 2. The Morgan fingerprint density at radius 3 is 2.15 bits per heavy atom. The van der Waals surface area contributed by atoms with E-state index in [0.29, 0.717) is 31.5 Å². The van der Waals surface area contributed by atoms with Gasteiger partial charge in [0.1, 0.15) is 6.04 Å². The van der Waals surface area contributed by atoms with E-state index >= 15 is 0 Å². The molecule has 0 saturated carbocycles. The summed E-state index contributed by atoms with van der Waals surface area (Å²) in [4.78, 5) is 60.9. The third kappa shape index (κ3) is 10.9. The second-order valence-corrected chi connectivity index (χ2v) is 17.4. The molecule has 4 amide bonds. The molecule has 8 atom stereocenters. The zero-order valence-electron chi connectivity index (χ0n) is 34.0. The molecule has 1 aromatic carbocycles. The van der Waals surface area contributed by atoms with E-state index in [1.165, 1.54) is 38.5 Å². The van der Waals surface area contributed by atoms with Crippen molar-refractivity contribution in [1.82, 2.24) is 24.7 Å². The number of piperidine rings is 1. The van der Waals surface area contributed by atoms with Crippen LogP contribution in [0.3, 0.4) is 0 Å². The van der Waals surface area contributed by atoms with Crippen molar-refractivity contribution in [3.8, 4) is 0 Å². The van der Waals surface area contributed by atoms with Gasteiger partial charge in [-0.1, -0.05) is 47.5 Å². The summed E-state index contributed by atoms with van der Waals surface area (Å²) in [5.74, 6) is -2.51. The minimum absolute atomic E-state index is 0.0354. The highest BCUT2D eigenvalue weighted by atomic mass is 32.2. The van der Waals surface area contributed by atoms with Crippen LogP contribution in [0.25, 0.3) is 0 Å². The number of carbonyl (C=O) groups is 4. The molecule has 2 aliphatic rings. The molecular formula is C39H66N6O8S. The number of amides is 4. The maximum absolute atomic E-state index is 14.3. The Labute approximate surface area is 323 Å². The topological polar surface area (TPSA) is 181 Å². The molecule has 0 aliphatic carbocycles. The second kappa shape index (κ2) is 20.1. The number of likely N-dealkylation sites (N-methyl/N-ethyl adjacent to an activating group) is 1. The number of likely N-dealkylation sites (tertiary alicyclic amines) is 2. The summed E-state index contributed by atoms with van der Waals surface area (Å²) in [6.45, 7) is 14.9. The fraction of sp³-hybridized carbons (Fsp3) is 0.744. The van der Waals surface area contributed by atoms with Crippen molar-refractivity contribution in [3.05, 3.63) is 24.3 Å². The SMILES string of the molecule is CC[C@H](C)[C@@H]([C@@H](CC(=O)N1CCC[C@H]1[C@H](OC)[C@@H](C)C(=O)NS(=O)(=O)c1ccc(N)cc1)OC)N(C)C(=O)[C@@H](NC(=O)[C@H]1CCCCN1C(C)C)C(C)C. The van der Waals surface area contributed by atoms with Gasteiger partial charge >= 0.3 is 0 Å². The molecule has 306 valence electrons. The van der Waals surface area contributed by atoms with Gasteiger partial charge in [0.2, 0.25) is 23.6 Å². The van der Waals surface area contributed by atoms with Gasteiger partial charge in [-0.3, -0.25) is 24.1 Å². The van der Waals surface area contributed by atoms with Crippen LogP contribution in [0, 0.1) is 17.8 Å². The monoisotopic (exact) mass is 778 g/mol. The zero-order valence-corrected chi connectivity index (χ0v) is 34.9. The van der Waals surface area contributed by atoms with Gasteiger partial charge in [-0.25, -0.2) is 13.1 Å². The second-order valence-electron chi connectivity index (χ2n) is 15.7. The first-order valence-corrected chi connectivity index (χ1v) is 21.0. The van der Waals surface area contributed by atoms with Crippen molar-refractivity contribution >= 4 is 39.3 Å². The van der Waals surface area contributed by atoms with Gasteiger partial charge in [-0.05, 0) is 82.2 Å². The highest BCUT2D eigenvalue weighted by molar-refractivity contribution is 7.90. The normalized spacial score (nSPS) is 21.6. The average molecular weight is 779 g/mol. The molecule has 0 aromatic heterocycles. The van der Waals surface area contributed by atoms with Crippen molar-refractivity contribution in [2.24, 2.45) is 17.8 Å². The first-order chi connectivity index (χ1) is 25.4. The predicted octanol–water partition coefficient (Wildman–Crippen LogP) is 3.40. The first kappa shape index (κ1) is 45.1. The van der Waals surface area contributed by atoms with E-state index in [4.69, 9.17) is 15.2 Å². The van der Waals surface area contributed by atoms with Crippen LogP contribution in [-0.4, -0.2) is 124 Å². The lowest BCUT2D eigenvalue weighted by molar-refractivity contribution is -0.148. The van der Waals surface area contributed by atoms with Crippen LogP contribution in [0.5, 0.6) is 0 Å². The zero-order chi connectivity index (χ0) is 40.5. The van der Waals surface area contributed by atoms with Gasteiger partial charge < -0.3 is 30.3 Å². The van der Waals surface area contributed by atoms with E-state index in [1.807, 2.05) is 27.7 Å². The summed E-state index contributed by atoms with van der Waals surface area (Å²) in [5.41, 5.74) is 6.08. The number of nitrogens with zero attached hydrogens (tertiary/aromatic N) is 3. The van der Waals surface area contributed by atoms with Crippen LogP contribution in [0.1, 0.15) is 93.4 Å². The highest BCUT2D eigenvalue weighted by Crippen LogP contribution is 2.30. The Morgan fingerprint density at radius 1 is 0.944 bits per heavy atom. The van der Waals surface area contributed by atoms with Gasteiger partial charge in [-0.2, -0.15) is 0 Å². The number of sulfonamides is 1. The number of hydrogen-bond acceptors (Lipinski definition) is 10. The van der Waals surface area contributed by atoms with Crippen LogP contribution in [0.4, 0.5) is 5.69 Å². The fourth-order valence-electron chi connectivity index (χ4n) is 8.07. The van der Waals surface area contributed by atoms with Gasteiger partial charge in [0.15, 0.2) is 0 Å². The standard InChI is InChI=1S/C39H66N6O8S/c1-11-26(6)35(43(8)39(49)34(24(2)3)41-38(48)31-15-12-13-21-44(31)25(4)5)32(52-9)23-33(46)45-22-14-16-30(45)36(53-10)27(7)37(47)42-54(50,51)29-19-17-28(40)18-20-29/h17-20,24-27,30-32,34-36H,11-16,21-23,40H2,1-10H3,(H,41,48)(H,42,47)/t26-,27+,30-,31+,32+,34-,35-,36+/m0/s1. The summed E-state index contributed by atoms with van der Waals surface area (Å²) < 4.78 is 39.9. The van der Waals surface area contributed by atoms with E-state index in [2.05, 4.69) is 28.8 Å². The number of ether oxygens (including phenoxy) is 2. The minimum Gasteiger partial charge on any atom is -0.399 e. The number of anilines is 1. The third-order valence-electron chi connectivity index (χ3n) is 11.4. The lowest BCUT2D eigenvalue weighted by atomic mass is 9.89. The van der Waals surface area contributed by atoms with Gasteiger partial charge in [-0.15, -0.1) is 0 Å². The van der Waals surface area contributed by atoms with Crippen molar-refractivity contribution in [3.63, 3.8) is 0 Å². The molecule has 2 saturated heterocycles. The number of rotatable bonds is 18. The minimum atomic E-state index is -4.17. The molecule has 15 heteroatoms. The van der Waals surface area contributed by atoms with Crippen LogP contribution in [0.2, 0.25) is 0 Å². The smallest absolute Gasteiger partial charge is 0.264 e. The molecule has 0 unspecified atom stereocenters. The number of nitrogen functional groups attached to an aromatic ring is 1. The molecule has 2 aliphatic heterocycles. The number of hydrogen-bond donors (Lipinski definition) is 3. The maximum Gasteiger partial charge on any atom is 0.264 e. The van der Waals surface area contributed by atoms with Gasteiger partial charge in [0.25, 0.3) is 10.0 Å². The molecule has 0 bridgehead atoms. The number of benzene rings is 1. The maximum atomic E-state index is 14.3. The third-order valence-corrected chi connectivity index (χ3v) is 12.8. The Hall–Kier alpha value is -3.27. The van der Waals surface area contributed by atoms with E-state index in [1.54, 1.807) is 23.8 Å². The van der Waals surface area contributed by atoms with E-state index in [9.17, 15) is 27.6 Å². The summed E-state index contributed by atoms with van der Waals surface area (Å²) in [6.07, 6.45) is 3.19. The largest absolute Gasteiger partial charge is 0.399 e. The summed E-state index contributed by atoms with van der Waals surface area (Å²) in [5, 5.41) is 3.10. The predicted molar refractivity (Wildman–Crippen MR) is 209 cm³/mol. The molecule has 54 heavy (non-hydrogen) atoms. The van der Waals surface area contributed by atoms with E-state index < -0.39 is 52.2 Å². The Morgan fingerprint density at radius 2 is 1.59 bits per heavy atom. The van der Waals surface area contributed by atoms with E-state index in [-0.39, 0.29) is 53.0 Å². The van der Waals surface area contributed by atoms with Crippen molar-refractivity contribution in [2.45, 2.75) is 141 Å².